The Kier molecular flexibility index (Phi) is 5.55. The van der Waals surface area contributed by atoms with Gasteiger partial charge in [0.25, 0.3) is 0 Å². The van der Waals surface area contributed by atoms with Crippen LogP contribution in [0.15, 0.2) is 24.3 Å². The molecule has 7 nitrogen and oxygen atoms in total. The molecule has 7 heteroatoms. The molecule has 2 aromatic rings. The van der Waals surface area contributed by atoms with Gasteiger partial charge in [0, 0.05) is 24.4 Å². The van der Waals surface area contributed by atoms with Crippen molar-refractivity contribution in [2.45, 2.75) is 33.2 Å². The molecule has 1 atom stereocenters. The van der Waals surface area contributed by atoms with Crippen LogP contribution in [-0.4, -0.2) is 35.6 Å². The van der Waals surface area contributed by atoms with Gasteiger partial charge in [0.1, 0.15) is 13.2 Å². The molecule has 0 fully saturated rings. The fraction of sp³-hybridized carbons (Fsp3) is 0.421. The van der Waals surface area contributed by atoms with E-state index in [1.165, 1.54) is 0 Å². The number of carbonyl (C=O) groups is 1. The van der Waals surface area contributed by atoms with Crippen molar-refractivity contribution in [2.75, 3.05) is 25.1 Å². The summed E-state index contributed by atoms with van der Waals surface area (Å²) < 4.78 is 11.1. The zero-order valence-corrected chi connectivity index (χ0v) is 15.3. The van der Waals surface area contributed by atoms with Crippen molar-refractivity contribution in [3.05, 3.63) is 41.2 Å². The standard InChI is InChI=1S/C19H24N4O3/c1-12-10-13(2)22-19(21-12)20-7-6-18(24)23-14(3)15-4-5-16-17(11-15)26-9-8-25-16/h4-5,10-11,14H,6-9H2,1-3H3,(H,23,24)(H,20,21,22). The lowest BCUT2D eigenvalue weighted by atomic mass is 10.1. The van der Waals surface area contributed by atoms with Crippen molar-refractivity contribution in [3.63, 3.8) is 0 Å². The molecule has 1 aromatic heterocycles. The third-order valence-corrected chi connectivity index (χ3v) is 4.06. The Morgan fingerprint density at radius 2 is 1.81 bits per heavy atom. The van der Waals surface area contributed by atoms with E-state index in [0.717, 1.165) is 28.5 Å². The second-order valence-electron chi connectivity index (χ2n) is 6.34. The van der Waals surface area contributed by atoms with E-state index in [9.17, 15) is 4.79 Å². The number of anilines is 1. The van der Waals surface area contributed by atoms with Crippen LogP contribution in [0.3, 0.4) is 0 Å². The predicted octanol–water partition coefficient (Wildman–Crippen LogP) is 2.54. The molecule has 2 N–H and O–H groups in total. The van der Waals surface area contributed by atoms with Gasteiger partial charge in [-0.05, 0) is 44.5 Å². The largest absolute Gasteiger partial charge is 0.486 e. The maximum absolute atomic E-state index is 12.2. The van der Waals surface area contributed by atoms with Crippen molar-refractivity contribution >= 4 is 11.9 Å². The second kappa shape index (κ2) is 8.03. The quantitative estimate of drug-likeness (QED) is 0.827. The molecule has 0 bridgehead atoms. The monoisotopic (exact) mass is 356 g/mol. The summed E-state index contributed by atoms with van der Waals surface area (Å²) in [5.41, 5.74) is 2.78. The topological polar surface area (TPSA) is 85.4 Å². The number of carbonyl (C=O) groups excluding carboxylic acids is 1. The lowest BCUT2D eigenvalue weighted by Gasteiger charge is -2.21. The summed E-state index contributed by atoms with van der Waals surface area (Å²) in [6.45, 7) is 7.37. The molecule has 0 spiro atoms. The van der Waals surface area contributed by atoms with Crippen LogP contribution in [0, 0.1) is 13.8 Å². The number of benzene rings is 1. The zero-order valence-electron chi connectivity index (χ0n) is 15.3. The van der Waals surface area contributed by atoms with Crippen molar-refractivity contribution in [1.29, 1.82) is 0 Å². The normalized spacial score (nSPS) is 13.8. The van der Waals surface area contributed by atoms with Crippen LogP contribution in [0.25, 0.3) is 0 Å². The van der Waals surface area contributed by atoms with Crippen LogP contribution in [0.1, 0.15) is 36.3 Å². The van der Waals surface area contributed by atoms with Gasteiger partial charge in [-0.15, -0.1) is 0 Å². The number of hydrogen-bond acceptors (Lipinski definition) is 6. The summed E-state index contributed by atoms with van der Waals surface area (Å²) in [5, 5.41) is 6.09. The van der Waals surface area contributed by atoms with Crippen LogP contribution in [-0.2, 0) is 4.79 Å². The highest BCUT2D eigenvalue weighted by Crippen LogP contribution is 2.32. The van der Waals surface area contributed by atoms with Crippen molar-refractivity contribution in [3.8, 4) is 11.5 Å². The van der Waals surface area contributed by atoms with Crippen LogP contribution < -0.4 is 20.1 Å². The van der Waals surface area contributed by atoms with Gasteiger partial charge in [-0.1, -0.05) is 6.07 Å². The fourth-order valence-corrected chi connectivity index (χ4v) is 2.82. The van der Waals surface area contributed by atoms with E-state index in [-0.39, 0.29) is 11.9 Å². The molecule has 0 aliphatic carbocycles. The molecule has 0 saturated carbocycles. The maximum Gasteiger partial charge on any atom is 0.223 e. The van der Waals surface area contributed by atoms with Gasteiger partial charge in [-0.2, -0.15) is 0 Å². The van der Waals surface area contributed by atoms with Crippen LogP contribution in [0.2, 0.25) is 0 Å². The molecule has 1 aromatic carbocycles. The Morgan fingerprint density at radius 1 is 1.12 bits per heavy atom. The molecule has 3 rings (SSSR count). The summed E-state index contributed by atoms with van der Waals surface area (Å²) in [6, 6.07) is 7.54. The highest BCUT2D eigenvalue weighted by Gasteiger charge is 2.15. The Labute approximate surface area is 153 Å². The minimum absolute atomic E-state index is 0.0377. The van der Waals surface area contributed by atoms with Gasteiger partial charge in [0.15, 0.2) is 11.5 Å². The predicted molar refractivity (Wildman–Crippen MR) is 98.6 cm³/mol. The van der Waals surface area contributed by atoms with E-state index in [1.807, 2.05) is 45.0 Å². The molecule has 1 aliphatic heterocycles. The summed E-state index contributed by atoms with van der Waals surface area (Å²) in [5.74, 6) is 1.99. The number of ether oxygens (including phenoxy) is 2. The maximum atomic E-state index is 12.2. The third-order valence-electron chi connectivity index (χ3n) is 4.06. The first-order valence-corrected chi connectivity index (χ1v) is 8.76. The van der Waals surface area contributed by atoms with Crippen LogP contribution in [0.4, 0.5) is 5.95 Å². The number of rotatable bonds is 6. The molecule has 138 valence electrons. The first-order chi connectivity index (χ1) is 12.5. The second-order valence-corrected chi connectivity index (χ2v) is 6.34. The third kappa shape index (κ3) is 4.62. The summed E-state index contributed by atoms with van der Waals surface area (Å²) in [7, 11) is 0. The summed E-state index contributed by atoms with van der Waals surface area (Å²) >= 11 is 0. The van der Waals surface area contributed by atoms with E-state index in [0.29, 0.717) is 32.1 Å². The van der Waals surface area contributed by atoms with E-state index < -0.39 is 0 Å². The number of nitrogens with one attached hydrogen (secondary N) is 2. The lowest BCUT2D eigenvalue weighted by molar-refractivity contribution is -0.121. The number of fused-ring (bicyclic) bond motifs is 1. The average Bonchev–Trinajstić information content (AvgIpc) is 2.60. The van der Waals surface area contributed by atoms with Crippen molar-refractivity contribution in [2.24, 2.45) is 0 Å². The number of nitrogens with zero attached hydrogens (tertiary/aromatic N) is 2. The summed E-state index contributed by atoms with van der Waals surface area (Å²) in [6.07, 6.45) is 0.339. The number of amides is 1. The number of aryl methyl sites for hydroxylation is 2. The lowest BCUT2D eigenvalue weighted by Crippen LogP contribution is -2.28. The van der Waals surface area contributed by atoms with Crippen LogP contribution >= 0.6 is 0 Å². The Bertz CT molecular complexity index is 774. The Balaban J connectivity index is 1.49. The molecule has 1 amide bonds. The Hall–Kier alpha value is -2.83. The minimum atomic E-state index is -0.115. The first-order valence-electron chi connectivity index (χ1n) is 8.76. The summed E-state index contributed by atoms with van der Waals surface area (Å²) in [4.78, 5) is 20.8. The highest BCUT2D eigenvalue weighted by molar-refractivity contribution is 5.77. The van der Waals surface area contributed by atoms with Gasteiger partial charge in [-0.3, -0.25) is 4.79 Å². The van der Waals surface area contributed by atoms with E-state index in [1.54, 1.807) is 0 Å². The Morgan fingerprint density at radius 3 is 2.54 bits per heavy atom. The minimum Gasteiger partial charge on any atom is -0.486 e. The van der Waals surface area contributed by atoms with Gasteiger partial charge >= 0.3 is 0 Å². The van der Waals surface area contributed by atoms with Gasteiger partial charge in [0.05, 0.1) is 6.04 Å². The first kappa shape index (κ1) is 18.0. The van der Waals surface area contributed by atoms with Crippen molar-refractivity contribution in [1.82, 2.24) is 15.3 Å². The molecule has 0 radical (unpaired) electrons. The fourth-order valence-electron chi connectivity index (χ4n) is 2.82. The van der Waals surface area contributed by atoms with Crippen LogP contribution in [0.5, 0.6) is 11.5 Å². The van der Waals surface area contributed by atoms with Gasteiger partial charge in [-0.25, -0.2) is 9.97 Å². The molecule has 2 heterocycles. The van der Waals surface area contributed by atoms with Gasteiger partial charge in [0.2, 0.25) is 11.9 Å². The molecule has 1 unspecified atom stereocenters. The average molecular weight is 356 g/mol. The number of hydrogen-bond donors (Lipinski definition) is 2. The van der Waals surface area contributed by atoms with E-state index in [2.05, 4.69) is 20.6 Å². The zero-order chi connectivity index (χ0) is 18.5. The van der Waals surface area contributed by atoms with E-state index >= 15 is 0 Å². The smallest absolute Gasteiger partial charge is 0.223 e. The molecule has 26 heavy (non-hydrogen) atoms. The highest BCUT2D eigenvalue weighted by atomic mass is 16.6. The number of aromatic nitrogens is 2. The molecular formula is C19H24N4O3. The SMILES string of the molecule is Cc1cc(C)nc(NCCC(=O)NC(C)c2ccc3c(c2)OCCO3)n1. The molecular weight excluding hydrogens is 332 g/mol. The molecule has 1 aliphatic rings. The van der Waals surface area contributed by atoms with Crippen molar-refractivity contribution < 1.29 is 14.3 Å². The molecule has 0 saturated heterocycles. The van der Waals surface area contributed by atoms with Gasteiger partial charge < -0.3 is 20.1 Å². The van der Waals surface area contributed by atoms with E-state index in [4.69, 9.17) is 9.47 Å².